The van der Waals surface area contributed by atoms with Crippen molar-refractivity contribution in [1.82, 2.24) is 20.1 Å². The van der Waals surface area contributed by atoms with Gasteiger partial charge in [-0.15, -0.1) is 0 Å². The van der Waals surface area contributed by atoms with Gasteiger partial charge in [0, 0.05) is 33.6 Å². The van der Waals surface area contributed by atoms with Crippen LogP contribution in [0.2, 0.25) is 5.02 Å². The van der Waals surface area contributed by atoms with Crippen LogP contribution in [0.4, 0.5) is 10.6 Å². The molecule has 26 heavy (non-hydrogen) atoms. The van der Waals surface area contributed by atoms with Crippen molar-refractivity contribution in [3.63, 3.8) is 0 Å². The van der Waals surface area contributed by atoms with E-state index >= 15 is 0 Å². The molecule has 0 saturated heterocycles. The molecule has 3 heterocycles. The number of aromatic amines is 2. The number of carbonyl (C=O) groups excluding carboxylic acids is 1. The van der Waals surface area contributed by atoms with Crippen LogP contribution < -0.4 is 5.32 Å². The highest BCUT2D eigenvalue weighted by Crippen LogP contribution is 2.30. The number of amides is 2. The number of hydrogen-bond donors (Lipinski definition) is 3. The first kappa shape index (κ1) is 15.3. The number of hydrogen-bond acceptors (Lipinski definition) is 2. The summed E-state index contributed by atoms with van der Waals surface area (Å²) in [6.45, 7) is 1.19. The van der Waals surface area contributed by atoms with E-state index in [1.165, 1.54) is 5.56 Å². The molecular formula is C19H16ClN5O. The smallest absolute Gasteiger partial charge is 0.323 e. The van der Waals surface area contributed by atoms with E-state index in [9.17, 15) is 4.79 Å². The molecule has 6 nitrogen and oxygen atoms in total. The Hall–Kier alpha value is -2.99. The van der Waals surface area contributed by atoms with E-state index in [2.05, 4.69) is 20.5 Å². The van der Waals surface area contributed by atoms with Gasteiger partial charge in [0.05, 0.1) is 12.1 Å². The Labute approximate surface area is 154 Å². The van der Waals surface area contributed by atoms with E-state index in [1.807, 2.05) is 42.5 Å². The van der Waals surface area contributed by atoms with E-state index in [-0.39, 0.29) is 6.03 Å². The first-order chi connectivity index (χ1) is 12.7. The molecule has 0 atom stereocenters. The number of rotatable bonds is 1. The zero-order valence-corrected chi connectivity index (χ0v) is 14.6. The highest BCUT2D eigenvalue weighted by molar-refractivity contribution is 6.31. The fraction of sp³-hybridized carbons (Fsp3) is 0.158. The topological polar surface area (TPSA) is 76.8 Å². The minimum absolute atomic E-state index is 0.149. The first-order valence-corrected chi connectivity index (χ1v) is 8.85. The Morgan fingerprint density at radius 1 is 1.15 bits per heavy atom. The van der Waals surface area contributed by atoms with Crippen molar-refractivity contribution >= 4 is 45.3 Å². The fourth-order valence-corrected chi connectivity index (χ4v) is 3.80. The van der Waals surface area contributed by atoms with Gasteiger partial charge in [0.2, 0.25) is 0 Å². The number of nitrogens with zero attached hydrogens (tertiary/aromatic N) is 2. The summed E-state index contributed by atoms with van der Waals surface area (Å²) in [7, 11) is 0. The van der Waals surface area contributed by atoms with Crippen LogP contribution >= 0.6 is 11.6 Å². The van der Waals surface area contributed by atoms with Crippen molar-refractivity contribution in [3.05, 3.63) is 58.7 Å². The molecule has 1 aliphatic rings. The number of aromatic nitrogens is 3. The van der Waals surface area contributed by atoms with Crippen molar-refractivity contribution < 1.29 is 4.79 Å². The highest BCUT2D eigenvalue weighted by atomic mass is 35.5. The summed E-state index contributed by atoms with van der Waals surface area (Å²) < 4.78 is 0. The van der Waals surface area contributed by atoms with Gasteiger partial charge in [-0.25, -0.2) is 4.79 Å². The van der Waals surface area contributed by atoms with Gasteiger partial charge < -0.3 is 9.88 Å². The molecule has 0 radical (unpaired) electrons. The molecule has 5 rings (SSSR count). The molecule has 2 aromatic carbocycles. The molecule has 4 aromatic rings. The number of fused-ring (bicyclic) bond motifs is 4. The summed E-state index contributed by atoms with van der Waals surface area (Å²) >= 11 is 6.13. The summed E-state index contributed by atoms with van der Waals surface area (Å²) in [5.74, 6) is 0.555. The van der Waals surface area contributed by atoms with E-state index < -0.39 is 0 Å². The SMILES string of the molecule is O=C(Nc1n[nH]c2ccccc12)N1CCc2c([nH]c3ccc(Cl)cc23)C1. The molecule has 2 amide bonds. The van der Waals surface area contributed by atoms with E-state index in [1.54, 1.807) is 4.90 Å². The number of anilines is 1. The summed E-state index contributed by atoms with van der Waals surface area (Å²) in [4.78, 5) is 17.9. The van der Waals surface area contributed by atoms with Gasteiger partial charge in [-0.1, -0.05) is 23.7 Å². The zero-order chi connectivity index (χ0) is 17.7. The van der Waals surface area contributed by atoms with Crippen molar-refractivity contribution in [1.29, 1.82) is 0 Å². The predicted molar refractivity (Wildman–Crippen MR) is 103 cm³/mol. The van der Waals surface area contributed by atoms with Gasteiger partial charge in [-0.3, -0.25) is 10.4 Å². The average Bonchev–Trinajstić information content (AvgIpc) is 3.22. The van der Waals surface area contributed by atoms with E-state index in [0.29, 0.717) is 18.9 Å². The average molecular weight is 366 g/mol. The molecule has 130 valence electrons. The van der Waals surface area contributed by atoms with Crippen molar-refractivity contribution in [2.45, 2.75) is 13.0 Å². The second-order valence-electron chi connectivity index (χ2n) is 6.49. The Morgan fingerprint density at radius 2 is 2.04 bits per heavy atom. The van der Waals surface area contributed by atoms with Gasteiger partial charge in [-0.2, -0.15) is 5.10 Å². The summed E-state index contributed by atoms with van der Waals surface area (Å²) in [6.07, 6.45) is 0.796. The number of benzene rings is 2. The number of H-pyrrole nitrogens is 2. The lowest BCUT2D eigenvalue weighted by Gasteiger charge is -2.27. The third kappa shape index (κ3) is 2.42. The van der Waals surface area contributed by atoms with Gasteiger partial charge in [0.1, 0.15) is 0 Å². The maximum absolute atomic E-state index is 12.7. The summed E-state index contributed by atoms with van der Waals surface area (Å²) in [5.41, 5.74) is 4.27. The fourth-order valence-electron chi connectivity index (χ4n) is 3.63. The quantitative estimate of drug-likeness (QED) is 0.470. The second-order valence-corrected chi connectivity index (χ2v) is 6.93. The molecule has 0 saturated carbocycles. The maximum Gasteiger partial charge on any atom is 0.323 e. The maximum atomic E-state index is 12.7. The molecule has 0 spiro atoms. The molecule has 0 aliphatic carbocycles. The first-order valence-electron chi connectivity index (χ1n) is 8.47. The molecule has 0 unspecified atom stereocenters. The normalized spacial score (nSPS) is 14.0. The predicted octanol–water partition coefficient (Wildman–Crippen LogP) is 4.29. The summed E-state index contributed by atoms with van der Waals surface area (Å²) in [5, 5.41) is 12.8. The van der Waals surface area contributed by atoms with Crippen LogP contribution in [0.25, 0.3) is 21.8 Å². The number of urea groups is 1. The molecule has 0 fully saturated rings. The van der Waals surface area contributed by atoms with Crippen LogP contribution in [0.15, 0.2) is 42.5 Å². The minimum atomic E-state index is -0.149. The van der Waals surface area contributed by atoms with Gasteiger partial charge >= 0.3 is 6.03 Å². The van der Waals surface area contributed by atoms with E-state index in [0.717, 1.165) is 38.9 Å². The van der Waals surface area contributed by atoms with Crippen LogP contribution in [-0.2, 0) is 13.0 Å². The third-order valence-corrected chi connectivity index (χ3v) is 5.16. The molecular weight excluding hydrogens is 350 g/mol. The van der Waals surface area contributed by atoms with Crippen LogP contribution in [-0.4, -0.2) is 32.7 Å². The second kappa shape index (κ2) is 5.78. The van der Waals surface area contributed by atoms with Crippen molar-refractivity contribution in [2.75, 3.05) is 11.9 Å². The highest BCUT2D eigenvalue weighted by Gasteiger charge is 2.24. The minimum Gasteiger partial charge on any atom is -0.357 e. The van der Waals surface area contributed by atoms with Crippen molar-refractivity contribution in [2.24, 2.45) is 0 Å². The van der Waals surface area contributed by atoms with Crippen LogP contribution in [0, 0.1) is 0 Å². The van der Waals surface area contributed by atoms with Gasteiger partial charge in [0.25, 0.3) is 0 Å². The summed E-state index contributed by atoms with van der Waals surface area (Å²) in [6, 6.07) is 13.4. The van der Waals surface area contributed by atoms with E-state index in [4.69, 9.17) is 11.6 Å². The standard InChI is InChI=1S/C19H16ClN5O/c20-11-5-6-15-14(9-11)12-7-8-25(10-17(12)21-15)19(26)22-18-13-3-1-2-4-16(13)23-24-18/h1-6,9,21H,7-8,10H2,(H2,22,23,24,26). The third-order valence-electron chi connectivity index (χ3n) is 4.92. The number of carbonyl (C=O) groups is 1. The van der Waals surface area contributed by atoms with Crippen molar-refractivity contribution in [3.8, 4) is 0 Å². The molecule has 0 bridgehead atoms. The Bertz CT molecular complexity index is 1150. The molecule has 7 heteroatoms. The number of halogens is 1. The molecule has 3 N–H and O–H groups in total. The molecule has 1 aliphatic heterocycles. The lowest BCUT2D eigenvalue weighted by Crippen LogP contribution is -2.38. The van der Waals surface area contributed by atoms with Gasteiger partial charge in [-0.05, 0) is 42.3 Å². The zero-order valence-electron chi connectivity index (χ0n) is 13.8. The molecule has 2 aromatic heterocycles. The number of nitrogens with one attached hydrogen (secondary N) is 3. The van der Waals surface area contributed by atoms with Crippen LogP contribution in [0.5, 0.6) is 0 Å². The lowest BCUT2D eigenvalue weighted by molar-refractivity contribution is 0.206. The monoisotopic (exact) mass is 365 g/mol. The van der Waals surface area contributed by atoms with Crippen LogP contribution in [0.1, 0.15) is 11.3 Å². The Morgan fingerprint density at radius 3 is 2.96 bits per heavy atom. The van der Waals surface area contributed by atoms with Crippen LogP contribution in [0.3, 0.4) is 0 Å². The largest absolute Gasteiger partial charge is 0.357 e. The Balaban J connectivity index is 1.40. The number of para-hydroxylation sites is 1. The Kier molecular flexibility index (Phi) is 3.39. The van der Waals surface area contributed by atoms with Gasteiger partial charge in [0.15, 0.2) is 5.82 Å². The lowest BCUT2D eigenvalue weighted by atomic mass is 10.0.